The van der Waals surface area contributed by atoms with Crippen LogP contribution in [0.3, 0.4) is 0 Å². The van der Waals surface area contributed by atoms with E-state index in [9.17, 15) is 0 Å². The van der Waals surface area contributed by atoms with Crippen molar-refractivity contribution < 1.29 is 4.74 Å². The third-order valence-corrected chi connectivity index (χ3v) is 3.23. The molecule has 0 saturated carbocycles. The SMILES string of the molecule is CCCn1nc(C)c(N)c1NCCCOc1ccccc1. The number of nitrogens with two attached hydrogens (primary N) is 1. The van der Waals surface area contributed by atoms with E-state index in [2.05, 4.69) is 17.3 Å². The Labute approximate surface area is 126 Å². The van der Waals surface area contributed by atoms with Crippen LogP contribution in [0.1, 0.15) is 25.5 Å². The molecular weight excluding hydrogens is 264 g/mol. The summed E-state index contributed by atoms with van der Waals surface area (Å²) in [5.41, 5.74) is 7.69. The van der Waals surface area contributed by atoms with Gasteiger partial charge in [-0.15, -0.1) is 0 Å². The summed E-state index contributed by atoms with van der Waals surface area (Å²) >= 11 is 0. The van der Waals surface area contributed by atoms with Gasteiger partial charge in [0.05, 0.1) is 18.0 Å². The molecule has 2 rings (SSSR count). The first-order valence-electron chi connectivity index (χ1n) is 7.47. The number of nitrogens with zero attached hydrogens (tertiary/aromatic N) is 2. The van der Waals surface area contributed by atoms with Gasteiger partial charge in [-0.2, -0.15) is 5.10 Å². The number of aryl methyl sites for hydroxylation is 2. The second kappa shape index (κ2) is 7.57. The third-order valence-electron chi connectivity index (χ3n) is 3.23. The Bertz CT molecular complexity index is 551. The van der Waals surface area contributed by atoms with E-state index >= 15 is 0 Å². The van der Waals surface area contributed by atoms with Crippen LogP contribution in [0.25, 0.3) is 0 Å². The minimum atomic E-state index is 0.678. The van der Waals surface area contributed by atoms with Crippen LogP contribution in [0.4, 0.5) is 11.5 Å². The molecule has 0 bridgehead atoms. The highest BCUT2D eigenvalue weighted by atomic mass is 16.5. The molecule has 0 atom stereocenters. The molecule has 0 fully saturated rings. The smallest absolute Gasteiger partial charge is 0.148 e. The molecule has 1 heterocycles. The largest absolute Gasteiger partial charge is 0.494 e. The molecule has 0 radical (unpaired) electrons. The molecule has 2 aromatic rings. The van der Waals surface area contributed by atoms with E-state index in [4.69, 9.17) is 10.5 Å². The van der Waals surface area contributed by atoms with Crippen molar-refractivity contribution in [1.82, 2.24) is 9.78 Å². The van der Waals surface area contributed by atoms with E-state index in [1.165, 1.54) is 0 Å². The lowest BCUT2D eigenvalue weighted by Crippen LogP contribution is -2.12. The molecule has 0 spiro atoms. The van der Waals surface area contributed by atoms with Crippen LogP contribution in [0, 0.1) is 6.92 Å². The molecular formula is C16H24N4O. The van der Waals surface area contributed by atoms with Gasteiger partial charge in [0, 0.05) is 13.1 Å². The van der Waals surface area contributed by atoms with E-state index in [0.717, 1.165) is 48.9 Å². The van der Waals surface area contributed by atoms with Gasteiger partial charge in [-0.25, -0.2) is 4.68 Å². The molecule has 5 heteroatoms. The molecule has 0 saturated heterocycles. The second-order valence-corrected chi connectivity index (χ2v) is 5.01. The van der Waals surface area contributed by atoms with Crippen molar-refractivity contribution in [3.8, 4) is 5.75 Å². The van der Waals surface area contributed by atoms with Crippen LogP contribution in [0.15, 0.2) is 30.3 Å². The summed E-state index contributed by atoms with van der Waals surface area (Å²) in [7, 11) is 0. The van der Waals surface area contributed by atoms with Crippen LogP contribution in [-0.4, -0.2) is 22.9 Å². The molecule has 0 amide bonds. The van der Waals surface area contributed by atoms with Gasteiger partial charge in [0.15, 0.2) is 0 Å². The Hall–Kier alpha value is -2.17. The lowest BCUT2D eigenvalue weighted by atomic mass is 10.3. The molecule has 0 aliphatic rings. The summed E-state index contributed by atoms with van der Waals surface area (Å²) in [5.74, 6) is 1.83. The summed E-state index contributed by atoms with van der Waals surface area (Å²) in [5, 5.41) is 7.81. The van der Waals surface area contributed by atoms with Crippen LogP contribution >= 0.6 is 0 Å². The average molecular weight is 288 g/mol. The number of anilines is 2. The van der Waals surface area contributed by atoms with Crippen LogP contribution < -0.4 is 15.8 Å². The highest BCUT2D eigenvalue weighted by molar-refractivity contribution is 5.64. The first-order valence-corrected chi connectivity index (χ1v) is 7.47. The number of para-hydroxylation sites is 1. The first kappa shape index (κ1) is 15.2. The normalized spacial score (nSPS) is 10.6. The topological polar surface area (TPSA) is 65.1 Å². The van der Waals surface area contributed by atoms with Crippen LogP contribution in [-0.2, 0) is 6.54 Å². The average Bonchev–Trinajstić information content (AvgIpc) is 2.76. The van der Waals surface area contributed by atoms with Crippen molar-refractivity contribution in [3.63, 3.8) is 0 Å². The molecule has 1 aromatic carbocycles. The summed E-state index contributed by atoms with van der Waals surface area (Å²) < 4.78 is 7.61. The predicted molar refractivity (Wildman–Crippen MR) is 86.7 cm³/mol. The van der Waals surface area contributed by atoms with Gasteiger partial charge in [0.1, 0.15) is 11.6 Å². The lowest BCUT2D eigenvalue weighted by molar-refractivity contribution is 0.315. The van der Waals surface area contributed by atoms with Crippen molar-refractivity contribution in [2.75, 3.05) is 24.2 Å². The van der Waals surface area contributed by atoms with Crippen molar-refractivity contribution in [2.45, 2.75) is 33.2 Å². The zero-order valence-electron chi connectivity index (χ0n) is 12.8. The van der Waals surface area contributed by atoms with E-state index in [0.29, 0.717) is 6.61 Å². The van der Waals surface area contributed by atoms with Crippen LogP contribution in [0.2, 0.25) is 0 Å². The fourth-order valence-corrected chi connectivity index (χ4v) is 2.14. The monoisotopic (exact) mass is 288 g/mol. The standard InChI is InChI=1S/C16H24N4O/c1-3-11-20-16(15(17)13(2)19-20)18-10-7-12-21-14-8-5-4-6-9-14/h4-6,8-9,18H,3,7,10-12,17H2,1-2H3. The number of benzene rings is 1. The second-order valence-electron chi connectivity index (χ2n) is 5.01. The molecule has 3 N–H and O–H groups in total. The van der Waals surface area contributed by atoms with Crippen molar-refractivity contribution in [1.29, 1.82) is 0 Å². The number of hydrogen-bond acceptors (Lipinski definition) is 4. The lowest BCUT2D eigenvalue weighted by Gasteiger charge is -2.10. The third kappa shape index (κ3) is 4.15. The van der Waals surface area contributed by atoms with Gasteiger partial charge >= 0.3 is 0 Å². The van der Waals surface area contributed by atoms with Gasteiger partial charge in [-0.05, 0) is 31.9 Å². The zero-order chi connectivity index (χ0) is 15.1. The van der Waals surface area contributed by atoms with E-state index in [-0.39, 0.29) is 0 Å². The van der Waals surface area contributed by atoms with Gasteiger partial charge in [0.2, 0.25) is 0 Å². The Balaban J connectivity index is 1.78. The van der Waals surface area contributed by atoms with E-state index in [1.54, 1.807) is 0 Å². The Morgan fingerprint density at radius 2 is 2.05 bits per heavy atom. The van der Waals surface area contributed by atoms with Gasteiger partial charge in [0.25, 0.3) is 0 Å². The Kier molecular flexibility index (Phi) is 5.49. The fourth-order valence-electron chi connectivity index (χ4n) is 2.14. The number of nitrogen functional groups attached to an aromatic ring is 1. The van der Waals surface area contributed by atoms with Gasteiger partial charge < -0.3 is 15.8 Å². The number of aromatic nitrogens is 2. The van der Waals surface area contributed by atoms with Crippen molar-refractivity contribution in [3.05, 3.63) is 36.0 Å². The maximum Gasteiger partial charge on any atom is 0.148 e. The predicted octanol–water partition coefficient (Wildman–Crippen LogP) is 3.06. The summed E-state index contributed by atoms with van der Waals surface area (Å²) in [4.78, 5) is 0. The number of rotatable bonds is 8. The van der Waals surface area contributed by atoms with Crippen molar-refractivity contribution in [2.24, 2.45) is 0 Å². The highest BCUT2D eigenvalue weighted by Crippen LogP contribution is 2.22. The minimum absolute atomic E-state index is 0.678. The molecule has 114 valence electrons. The Morgan fingerprint density at radius 1 is 1.29 bits per heavy atom. The molecule has 0 unspecified atom stereocenters. The quantitative estimate of drug-likeness (QED) is 0.733. The number of hydrogen-bond donors (Lipinski definition) is 2. The maximum absolute atomic E-state index is 6.06. The summed E-state index contributed by atoms with van der Waals surface area (Å²) in [6.07, 6.45) is 1.94. The van der Waals surface area contributed by atoms with Crippen LogP contribution in [0.5, 0.6) is 5.75 Å². The zero-order valence-corrected chi connectivity index (χ0v) is 12.8. The molecule has 5 nitrogen and oxygen atoms in total. The number of ether oxygens (including phenoxy) is 1. The van der Waals surface area contributed by atoms with E-state index in [1.807, 2.05) is 41.9 Å². The highest BCUT2D eigenvalue weighted by Gasteiger charge is 2.10. The number of nitrogens with one attached hydrogen (secondary N) is 1. The van der Waals surface area contributed by atoms with E-state index < -0.39 is 0 Å². The van der Waals surface area contributed by atoms with Gasteiger partial charge in [-0.1, -0.05) is 25.1 Å². The molecule has 0 aliphatic carbocycles. The minimum Gasteiger partial charge on any atom is -0.494 e. The fraction of sp³-hybridized carbons (Fsp3) is 0.438. The maximum atomic E-state index is 6.06. The Morgan fingerprint density at radius 3 is 2.76 bits per heavy atom. The van der Waals surface area contributed by atoms with Gasteiger partial charge in [-0.3, -0.25) is 0 Å². The summed E-state index contributed by atoms with van der Waals surface area (Å²) in [6.45, 7) is 6.43. The molecule has 21 heavy (non-hydrogen) atoms. The summed E-state index contributed by atoms with van der Waals surface area (Å²) in [6, 6.07) is 9.85. The first-order chi connectivity index (χ1) is 10.2. The van der Waals surface area contributed by atoms with Crippen molar-refractivity contribution >= 4 is 11.5 Å². The molecule has 0 aliphatic heterocycles. The molecule has 1 aromatic heterocycles.